The van der Waals surface area contributed by atoms with Crippen LogP contribution in [0, 0.1) is 0 Å². The van der Waals surface area contributed by atoms with Crippen LogP contribution >= 0.6 is 0 Å². The molecular formula is C16H24O3. The molecule has 1 unspecified atom stereocenters. The highest BCUT2D eigenvalue weighted by atomic mass is 16.5. The third-order valence-electron chi connectivity index (χ3n) is 4.08. The van der Waals surface area contributed by atoms with Crippen molar-refractivity contribution in [1.29, 1.82) is 0 Å². The molecule has 1 heterocycles. The number of fused-ring (bicyclic) bond motifs is 1. The molecule has 1 aromatic rings. The van der Waals surface area contributed by atoms with Gasteiger partial charge in [-0.05, 0) is 49.9 Å². The second-order valence-corrected chi connectivity index (χ2v) is 5.61. The maximum atomic E-state index is 9.58. The summed E-state index contributed by atoms with van der Waals surface area (Å²) in [5.74, 6) is 1.22. The van der Waals surface area contributed by atoms with Crippen LogP contribution in [0.4, 0.5) is 0 Å². The average molecular weight is 264 g/mol. The third-order valence-corrected chi connectivity index (χ3v) is 4.08. The lowest BCUT2D eigenvalue weighted by atomic mass is 9.94. The first-order valence-corrected chi connectivity index (χ1v) is 7.13. The molecule has 0 bridgehead atoms. The molecule has 0 saturated carbocycles. The molecule has 0 amide bonds. The van der Waals surface area contributed by atoms with Crippen LogP contribution in [0.2, 0.25) is 0 Å². The molecule has 0 saturated heterocycles. The smallest absolute Gasteiger partial charge is 0.122 e. The summed E-state index contributed by atoms with van der Waals surface area (Å²) in [6, 6.07) is 5.38. The van der Waals surface area contributed by atoms with E-state index < -0.39 is 0 Å². The summed E-state index contributed by atoms with van der Waals surface area (Å²) in [6.07, 6.45) is 6.43. The Morgan fingerprint density at radius 3 is 2.84 bits per heavy atom. The van der Waals surface area contributed by atoms with Crippen LogP contribution in [0.1, 0.15) is 44.6 Å². The van der Waals surface area contributed by atoms with Gasteiger partial charge in [-0.1, -0.05) is 12.8 Å². The first kappa shape index (κ1) is 14.2. The third kappa shape index (κ3) is 3.87. The number of phenols is 1. The van der Waals surface area contributed by atoms with Crippen LogP contribution in [0.15, 0.2) is 18.2 Å². The van der Waals surface area contributed by atoms with Crippen molar-refractivity contribution in [2.45, 2.75) is 51.0 Å². The summed E-state index contributed by atoms with van der Waals surface area (Å²) in [7, 11) is 1.78. The van der Waals surface area contributed by atoms with Gasteiger partial charge in [0.25, 0.3) is 0 Å². The summed E-state index contributed by atoms with van der Waals surface area (Å²) in [5, 5.41) is 9.58. The van der Waals surface area contributed by atoms with Gasteiger partial charge >= 0.3 is 0 Å². The van der Waals surface area contributed by atoms with Gasteiger partial charge in [-0.25, -0.2) is 0 Å². The lowest BCUT2D eigenvalue weighted by Gasteiger charge is -2.28. The van der Waals surface area contributed by atoms with E-state index in [1.54, 1.807) is 13.2 Å². The number of hydrogen-bond acceptors (Lipinski definition) is 3. The number of aryl methyl sites for hydroxylation is 1. The predicted octanol–water partition coefficient (Wildman–Crippen LogP) is 3.68. The van der Waals surface area contributed by atoms with Crippen LogP contribution in [-0.2, 0) is 11.2 Å². The Morgan fingerprint density at radius 1 is 1.21 bits per heavy atom. The van der Waals surface area contributed by atoms with Crippen molar-refractivity contribution in [3.05, 3.63) is 23.8 Å². The van der Waals surface area contributed by atoms with Crippen molar-refractivity contribution in [3.63, 3.8) is 0 Å². The monoisotopic (exact) mass is 264 g/mol. The highest BCUT2D eigenvalue weighted by Gasteiger charge is 2.23. The van der Waals surface area contributed by atoms with Crippen molar-refractivity contribution in [2.75, 3.05) is 13.7 Å². The van der Waals surface area contributed by atoms with Gasteiger partial charge in [0, 0.05) is 13.5 Å². The number of aromatic hydroxyl groups is 1. The molecule has 1 aliphatic heterocycles. The molecule has 0 radical (unpaired) electrons. The van der Waals surface area contributed by atoms with E-state index in [0.29, 0.717) is 12.4 Å². The molecule has 0 fully saturated rings. The average Bonchev–Trinajstić information content (AvgIpc) is 2.43. The molecule has 3 nitrogen and oxygen atoms in total. The van der Waals surface area contributed by atoms with E-state index in [9.17, 15) is 5.11 Å². The minimum absolute atomic E-state index is 0.0819. The molecule has 19 heavy (non-hydrogen) atoms. The van der Waals surface area contributed by atoms with E-state index in [0.717, 1.165) is 37.0 Å². The number of phenolic OH excluding ortho intramolecular Hbond substituents is 1. The van der Waals surface area contributed by atoms with Crippen molar-refractivity contribution < 1.29 is 14.6 Å². The summed E-state index contributed by atoms with van der Waals surface area (Å²) in [4.78, 5) is 0. The summed E-state index contributed by atoms with van der Waals surface area (Å²) < 4.78 is 11.5. The molecule has 0 aliphatic carbocycles. The minimum atomic E-state index is -0.0819. The Kier molecular flexibility index (Phi) is 4.70. The number of hydrogen-bond donors (Lipinski definition) is 1. The van der Waals surface area contributed by atoms with Crippen molar-refractivity contribution in [1.82, 2.24) is 0 Å². The predicted molar refractivity (Wildman–Crippen MR) is 75.8 cm³/mol. The summed E-state index contributed by atoms with van der Waals surface area (Å²) in [5.41, 5.74) is 1.03. The van der Waals surface area contributed by atoms with E-state index in [2.05, 4.69) is 6.92 Å². The van der Waals surface area contributed by atoms with Gasteiger partial charge in [-0.15, -0.1) is 0 Å². The fourth-order valence-electron chi connectivity index (χ4n) is 2.60. The molecule has 0 aromatic heterocycles. The van der Waals surface area contributed by atoms with Crippen molar-refractivity contribution in [3.8, 4) is 11.5 Å². The highest BCUT2D eigenvalue weighted by Crippen LogP contribution is 2.29. The van der Waals surface area contributed by atoms with Crippen LogP contribution in [-0.4, -0.2) is 24.4 Å². The Balaban J connectivity index is 2.12. The normalized spacial score (nSPS) is 24.9. The Hall–Kier alpha value is -1.22. The second-order valence-electron chi connectivity index (χ2n) is 5.61. The first-order chi connectivity index (χ1) is 9.13. The topological polar surface area (TPSA) is 38.7 Å². The first-order valence-electron chi connectivity index (χ1n) is 7.13. The van der Waals surface area contributed by atoms with E-state index in [1.165, 1.54) is 12.8 Å². The van der Waals surface area contributed by atoms with Gasteiger partial charge < -0.3 is 14.6 Å². The summed E-state index contributed by atoms with van der Waals surface area (Å²) >= 11 is 0. The maximum absolute atomic E-state index is 9.58. The van der Waals surface area contributed by atoms with Gasteiger partial charge in [0.2, 0.25) is 0 Å². The SMILES string of the molecule is COC1(C)CCCCCc2cc(O)ccc2OCC1. The summed E-state index contributed by atoms with van der Waals surface area (Å²) in [6.45, 7) is 2.81. The van der Waals surface area contributed by atoms with Crippen LogP contribution in [0.3, 0.4) is 0 Å². The quantitative estimate of drug-likeness (QED) is 0.841. The zero-order valence-electron chi connectivity index (χ0n) is 11.9. The molecular weight excluding hydrogens is 240 g/mol. The lowest BCUT2D eigenvalue weighted by Crippen LogP contribution is -2.29. The number of methoxy groups -OCH3 is 1. The minimum Gasteiger partial charge on any atom is -0.508 e. The Labute approximate surface area is 115 Å². The number of rotatable bonds is 1. The Bertz CT molecular complexity index is 416. The maximum Gasteiger partial charge on any atom is 0.122 e. The van der Waals surface area contributed by atoms with Gasteiger partial charge in [0.15, 0.2) is 0 Å². The van der Waals surface area contributed by atoms with Gasteiger partial charge in [0.05, 0.1) is 12.2 Å². The van der Waals surface area contributed by atoms with E-state index in [-0.39, 0.29) is 5.60 Å². The molecule has 1 aromatic carbocycles. The zero-order valence-corrected chi connectivity index (χ0v) is 11.9. The fourth-order valence-corrected chi connectivity index (χ4v) is 2.60. The van der Waals surface area contributed by atoms with Gasteiger partial charge in [0.1, 0.15) is 11.5 Å². The molecule has 1 N–H and O–H groups in total. The highest BCUT2D eigenvalue weighted by molar-refractivity contribution is 5.39. The number of ether oxygens (including phenoxy) is 2. The van der Waals surface area contributed by atoms with E-state index in [1.807, 2.05) is 12.1 Å². The number of benzene rings is 1. The Morgan fingerprint density at radius 2 is 2.05 bits per heavy atom. The van der Waals surface area contributed by atoms with E-state index in [4.69, 9.17) is 9.47 Å². The van der Waals surface area contributed by atoms with Crippen LogP contribution < -0.4 is 4.74 Å². The zero-order chi connectivity index (χ0) is 13.7. The molecule has 0 spiro atoms. The standard InChI is InChI=1S/C16H24O3/c1-16(18-2)9-5-3-4-6-13-12-14(17)7-8-15(13)19-11-10-16/h7-8,12,17H,3-6,9-11H2,1-2H3. The van der Waals surface area contributed by atoms with Gasteiger partial charge in [-0.2, -0.15) is 0 Å². The molecule has 1 atom stereocenters. The fraction of sp³-hybridized carbons (Fsp3) is 0.625. The van der Waals surface area contributed by atoms with Crippen LogP contribution in [0.25, 0.3) is 0 Å². The van der Waals surface area contributed by atoms with E-state index >= 15 is 0 Å². The molecule has 2 rings (SSSR count). The largest absolute Gasteiger partial charge is 0.508 e. The second kappa shape index (κ2) is 6.29. The van der Waals surface area contributed by atoms with Crippen molar-refractivity contribution >= 4 is 0 Å². The molecule has 1 aliphatic rings. The van der Waals surface area contributed by atoms with Crippen molar-refractivity contribution in [2.24, 2.45) is 0 Å². The molecule has 106 valence electrons. The molecule has 3 heteroatoms. The van der Waals surface area contributed by atoms with Gasteiger partial charge in [-0.3, -0.25) is 0 Å². The van der Waals surface area contributed by atoms with Crippen LogP contribution in [0.5, 0.6) is 11.5 Å². The lowest BCUT2D eigenvalue weighted by molar-refractivity contribution is -0.0186.